The van der Waals surface area contributed by atoms with Gasteiger partial charge in [0.1, 0.15) is 12.7 Å². The standard InChI is InChI=1S/C23H36ClNO4/c1-7-25(8-2)23(27)28-15-21(14-19(17(5)6)13-16(3)4)29-22(26)18-9-11-20(24)12-10-18/h9-12,16-17,19,21H,7-8,13-15H2,1-6H3. The van der Waals surface area contributed by atoms with Gasteiger partial charge in [0.2, 0.25) is 0 Å². The number of hydrogen-bond donors (Lipinski definition) is 0. The second kappa shape index (κ2) is 12.7. The lowest BCUT2D eigenvalue weighted by Gasteiger charge is -2.28. The Bertz CT molecular complexity index is 626. The summed E-state index contributed by atoms with van der Waals surface area (Å²) in [5.41, 5.74) is 0.430. The molecule has 0 N–H and O–H groups in total. The summed E-state index contributed by atoms with van der Waals surface area (Å²) in [6.45, 7) is 13.7. The van der Waals surface area contributed by atoms with Crippen LogP contribution in [-0.2, 0) is 9.47 Å². The third-order valence-corrected chi connectivity index (χ3v) is 5.30. The SMILES string of the molecule is CCN(CC)C(=O)OCC(CC(CC(C)C)C(C)C)OC(=O)c1ccc(Cl)cc1. The number of nitrogens with zero attached hydrogens (tertiary/aromatic N) is 1. The first-order valence-corrected chi connectivity index (χ1v) is 10.9. The van der Waals surface area contributed by atoms with E-state index in [1.54, 1.807) is 29.2 Å². The third kappa shape index (κ3) is 9.07. The van der Waals surface area contributed by atoms with Crippen molar-refractivity contribution >= 4 is 23.7 Å². The number of carbonyl (C=O) groups is 2. The average Bonchev–Trinajstić information content (AvgIpc) is 2.66. The van der Waals surface area contributed by atoms with Crippen molar-refractivity contribution in [2.45, 2.75) is 60.5 Å². The molecule has 0 bridgehead atoms. The van der Waals surface area contributed by atoms with Crippen LogP contribution in [0.5, 0.6) is 0 Å². The first kappa shape index (κ1) is 25.3. The van der Waals surface area contributed by atoms with Gasteiger partial charge in [-0.05, 0) is 68.7 Å². The number of amides is 1. The molecule has 1 aromatic rings. The number of hydrogen-bond acceptors (Lipinski definition) is 4. The van der Waals surface area contributed by atoms with E-state index in [0.717, 1.165) is 6.42 Å². The minimum Gasteiger partial charge on any atom is -0.455 e. The highest BCUT2D eigenvalue weighted by atomic mass is 35.5. The molecule has 0 aliphatic rings. The van der Waals surface area contributed by atoms with Crippen molar-refractivity contribution in [3.8, 4) is 0 Å². The van der Waals surface area contributed by atoms with E-state index in [-0.39, 0.29) is 12.7 Å². The molecule has 0 radical (unpaired) electrons. The molecule has 1 aromatic carbocycles. The van der Waals surface area contributed by atoms with Crippen LogP contribution in [0.15, 0.2) is 24.3 Å². The average molecular weight is 426 g/mol. The molecule has 0 saturated carbocycles. The minimum absolute atomic E-state index is 0.0516. The fourth-order valence-electron chi connectivity index (χ4n) is 3.28. The number of halogens is 1. The summed E-state index contributed by atoms with van der Waals surface area (Å²) in [6.07, 6.45) is 0.800. The molecule has 2 unspecified atom stereocenters. The van der Waals surface area contributed by atoms with Crippen molar-refractivity contribution in [2.75, 3.05) is 19.7 Å². The monoisotopic (exact) mass is 425 g/mol. The first-order chi connectivity index (χ1) is 13.7. The smallest absolute Gasteiger partial charge is 0.409 e. The van der Waals surface area contributed by atoms with Crippen LogP contribution >= 0.6 is 11.6 Å². The van der Waals surface area contributed by atoms with E-state index in [1.165, 1.54) is 0 Å². The van der Waals surface area contributed by atoms with Gasteiger partial charge in [-0.1, -0.05) is 39.3 Å². The van der Waals surface area contributed by atoms with Crippen LogP contribution in [0.3, 0.4) is 0 Å². The maximum atomic E-state index is 12.6. The summed E-state index contributed by atoms with van der Waals surface area (Å²) in [7, 11) is 0. The van der Waals surface area contributed by atoms with Crippen LogP contribution < -0.4 is 0 Å². The van der Waals surface area contributed by atoms with Crippen molar-refractivity contribution < 1.29 is 19.1 Å². The Morgan fingerprint density at radius 1 is 1.00 bits per heavy atom. The van der Waals surface area contributed by atoms with E-state index >= 15 is 0 Å². The molecular formula is C23H36ClNO4. The summed E-state index contributed by atoms with van der Waals surface area (Å²) in [6, 6.07) is 6.59. The van der Waals surface area contributed by atoms with Crippen LogP contribution in [0.2, 0.25) is 5.02 Å². The molecule has 0 aromatic heterocycles. The molecule has 6 heteroatoms. The molecule has 2 atom stereocenters. The van der Waals surface area contributed by atoms with Crippen LogP contribution in [0.4, 0.5) is 4.79 Å². The Labute approximate surface area is 180 Å². The molecule has 0 aliphatic carbocycles. The quantitative estimate of drug-likeness (QED) is 0.405. The second-order valence-corrected chi connectivity index (χ2v) is 8.59. The summed E-state index contributed by atoms with van der Waals surface area (Å²) >= 11 is 5.90. The predicted octanol–water partition coefficient (Wildman–Crippen LogP) is 6.05. The van der Waals surface area contributed by atoms with Gasteiger partial charge in [-0.15, -0.1) is 0 Å². The van der Waals surface area contributed by atoms with E-state index in [0.29, 0.717) is 47.9 Å². The van der Waals surface area contributed by atoms with E-state index in [9.17, 15) is 9.59 Å². The molecule has 164 valence electrons. The maximum absolute atomic E-state index is 12.6. The van der Waals surface area contributed by atoms with Gasteiger partial charge in [0.05, 0.1) is 5.56 Å². The van der Waals surface area contributed by atoms with E-state index in [4.69, 9.17) is 21.1 Å². The van der Waals surface area contributed by atoms with Gasteiger partial charge in [-0.25, -0.2) is 9.59 Å². The number of benzene rings is 1. The van der Waals surface area contributed by atoms with Crippen LogP contribution in [-0.4, -0.2) is 42.8 Å². The molecule has 1 amide bonds. The number of carbonyl (C=O) groups excluding carboxylic acids is 2. The summed E-state index contributed by atoms with van der Waals surface area (Å²) in [5.74, 6) is 0.906. The molecule has 0 aliphatic heterocycles. The third-order valence-electron chi connectivity index (χ3n) is 5.05. The molecule has 0 saturated heterocycles. The Balaban J connectivity index is 2.89. The molecule has 0 heterocycles. The van der Waals surface area contributed by atoms with Crippen molar-refractivity contribution in [1.29, 1.82) is 0 Å². The Morgan fingerprint density at radius 3 is 2.07 bits per heavy atom. The lowest BCUT2D eigenvalue weighted by Crippen LogP contribution is -2.35. The predicted molar refractivity (Wildman–Crippen MR) is 117 cm³/mol. The van der Waals surface area contributed by atoms with Gasteiger partial charge < -0.3 is 14.4 Å². The van der Waals surface area contributed by atoms with Gasteiger partial charge >= 0.3 is 12.1 Å². The summed E-state index contributed by atoms with van der Waals surface area (Å²) < 4.78 is 11.2. The number of ether oxygens (including phenoxy) is 2. The topological polar surface area (TPSA) is 55.8 Å². The number of rotatable bonds is 11. The Kier molecular flexibility index (Phi) is 11.1. The van der Waals surface area contributed by atoms with E-state index in [2.05, 4.69) is 27.7 Å². The fourth-order valence-corrected chi connectivity index (χ4v) is 3.40. The Hall–Kier alpha value is -1.75. The van der Waals surface area contributed by atoms with Crippen molar-refractivity contribution in [3.05, 3.63) is 34.9 Å². The molecule has 5 nitrogen and oxygen atoms in total. The largest absolute Gasteiger partial charge is 0.455 e. The molecule has 0 fully saturated rings. The van der Waals surface area contributed by atoms with Gasteiger partial charge in [-0.3, -0.25) is 0 Å². The lowest BCUT2D eigenvalue weighted by atomic mass is 9.83. The van der Waals surface area contributed by atoms with Crippen LogP contribution in [0.25, 0.3) is 0 Å². The van der Waals surface area contributed by atoms with Gasteiger partial charge in [-0.2, -0.15) is 0 Å². The van der Waals surface area contributed by atoms with Crippen molar-refractivity contribution in [3.63, 3.8) is 0 Å². The van der Waals surface area contributed by atoms with Crippen LogP contribution in [0, 0.1) is 17.8 Å². The molecular weight excluding hydrogens is 390 g/mol. The first-order valence-electron chi connectivity index (χ1n) is 10.6. The molecule has 0 spiro atoms. The van der Waals surface area contributed by atoms with E-state index in [1.807, 2.05) is 13.8 Å². The van der Waals surface area contributed by atoms with Crippen molar-refractivity contribution in [2.24, 2.45) is 17.8 Å². The fraction of sp³-hybridized carbons (Fsp3) is 0.652. The van der Waals surface area contributed by atoms with Gasteiger partial charge in [0, 0.05) is 18.1 Å². The zero-order valence-corrected chi connectivity index (χ0v) is 19.4. The van der Waals surface area contributed by atoms with Gasteiger partial charge in [0.25, 0.3) is 0 Å². The van der Waals surface area contributed by atoms with Gasteiger partial charge in [0.15, 0.2) is 0 Å². The normalized spacial score (nSPS) is 13.3. The highest BCUT2D eigenvalue weighted by Gasteiger charge is 2.26. The van der Waals surface area contributed by atoms with Crippen LogP contribution in [0.1, 0.15) is 64.7 Å². The zero-order valence-electron chi connectivity index (χ0n) is 18.6. The maximum Gasteiger partial charge on any atom is 0.409 e. The Morgan fingerprint density at radius 2 is 1.59 bits per heavy atom. The summed E-state index contributed by atoms with van der Waals surface area (Å²) in [4.78, 5) is 26.5. The summed E-state index contributed by atoms with van der Waals surface area (Å²) in [5, 5.41) is 0.558. The highest BCUT2D eigenvalue weighted by Crippen LogP contribution is 2.27. The van der Waals surface area contributed by atoms with E-state index < -0.39 is 12.1 Å². The lowest BCUT2D eigenvalue weighted by molar-refractivity contribution is -0.00642. The minimum atomic E-state index is -0.496. The zero-order chi connectivity index (χ0) is 22.0. The number of esters is 1. The second-order valence-electron chi connectivity index (χ2n) is 8.15. The highest BCUT2D eigenvalue weighted by molar-refractivity contribution is 6.30. The molecule has 1 rings (SSSR count). The molecule has 29 heavy (non-hydrogen) atoms. The van der Waals surface area contributed by atoms with Crippen molar-refractivity contribution in [1.82, 2.24) is 4.90 Å².